The van der Waals surface area contributed by atoms with Gasteiger partial charge in [-0.2, -0.15) is 0 Å². The van der Waals surface area contributed by atoms with Gasteiger partial charge in [-0.1, -0.05) is 12.1 Å². The number of aliphatic hydroxyl groups is 1. The van der Waals surface area contributed by atoms with Gasteiger partial charge in [0, 0.05) is 39.0 Å². The average molecular weight is 418 g/mol. The van der Waals surface area contributed by atoms with Gasteiger partial charge in [-0.15, -0.1) is 5.10 Å². The fourth-order valence-electron chi connectivity index (χ4n) is 3.13. The van der Waals surface area contributed by atoms with Crippen LogP contribution in [-0.2, 0) is 32.7 Å². The summed E-state index contributed by atoms with van der Waals surface area (Å²) in [4.78, 5) is 14.4. The molecule has 1 aromatic rings. The van der Waals surface area contributed by atoms with E-state index in [1.807, 2.05) is 6.92 Å². The molecule has 0 radical (unpaired) electrons. The van der Waals surface area contributed by atoms with Crippen LogP contribution < -0.4 is 0 Å². The van der Waals surface area contributed by atoms with Crippen LogP contribution in [0.2, 0.25) is 0 Å². The molecular weight excluding hydrogens is 386 g/mol. The Morgan fingerprint density at radius 2 is 2.18 bits per heavy atom. The molecule has 10 nitrogen and oxygen atoms in total. The molecule has 0 saturated heterocycles. The van der Waals surface area contributed by atoms with Crippen LogP contribution in [0.25, 0.3) is 0 Å². The number of aromatic nitrogens is 3. The number of nitrogens with zero attached hydrogens (tertiary/aromatic N) is 5. The number of ether oxygens (including phenoxy) is 1. The SMILES string of the molecule is C[C@@H]1CN([C@@H](C)CO)C(=O)CCCn2nncc2CO[C@@H]1CN(C)S(C)(=O)=O. The summed E-state index contributed by atoms with van der Waals surface area (Å²) < 4.78 is 32.8. The molecule has 1 aliphatic heterocycles. The number of hydrogen-bond acceptors (Lipinski definition) is 7. The Morgan fingerprint density at radius 3 is 2.82 bits per heavy atom. The monoisotopic (exact) mass is 417 g/mol. The highest BCUT2D eigenvalue weighted by Crippen LogP contribution is 2.18. The van der Waals surface area contributed by atoms with E-state index in [0.29, 0.717) is 25.9 Å². The van der Waals surface area contributed by atoms with Crippen molar-refractivity contribution in [1.82, 2.24) is 24.2 Å². The molecule has 2 heterocycles. The second-order valence-electron chi connectivity index (χ2n) is 7.50. The fourth-order valence-corrected chi connectivity index (χ4v) is 3.55. The minimum atomic E-state index is -3.37. The normalized spacial score (nSPS) is 23.8. The summed E-state index contributed by atoms with van der Waals surface area (Å²) >= 11 is 0. The van der Waals surface area contributed by atoms with Crippen molar-refractivity contribution in [2.24, 2.45) is 5.92 Å². The standard InChI is InChI=1S/C17H31N5O5S/c1-13-9-21(14(2)11-23)17(24)6-5-7-22-15(8-18-19-22)12-27-16(13)10-20(3)28(4,25)26/h8,13-14,16,23H,5-7,9-12H2,1-4H3/t13-,14+,16-/m1/s1. The van der Waals surface area contributed by atoms with Crippen molar-refractivity contribution >= 4 is 15.9 Å². The summed E-state index contributed by atoms with van der Waals surface area (Å²) in [6.07, 6.45) is 3.28. The van der Waals surface area contributed by atoms with E-state index in [1.54, 1.807) is 22.7 Å². The molecule has 1 N–H and O–H groups in total. The number of sulfonamides is 1. The Balaban J connectivity index is 2.29. The molecule has 0 spiro atoms. The number of likely N-dealkylation sites (N-methyl/N-ethyl adjacent to an activating group) is 1. The third kappa shape index (κ3) is 5.97. The molecule has 0 fully saturated rings. The first kappa shape index (κ1) is 22.7. The first-order valence-electron chi connectivity index (χ1n) is 9.44. The molecule has 160 valence electrons. The van der Waals surface area contributed by atoms with E-state index in [1.165, 1.54) is 11.4 Å². The second-order valence-corrected chi connectivity index (χ2v) is 9.59. The zero-order valence-electron chi connectivity index (χ0n) is 17.0. The first-order chi connectivity index (χ1) is 13.1. The van der Waals surface area contributed by atoms with Crippen molar-refractivity contribution in [1.29, 1.82) is 0 Å². The number of fused-ring (bicyclic) bond motifs is 1. The van der Waals surface area contributed by atoms with E-state index >= 15 is 0 Å². The molecule has 0 bridgehead atoms. The predicted molar refractivity (Wildman–Crippen MR) is 103 cm³/mol. The maximum Gasteiger partial charge on any atom is 0.222 e. The number of carbonyl (C=O) groups is 1. The number of rotatable bonds is 5. The van der Waals surface area contributed by atoms with Gasteiger partial charge >= 0.3 is 0 Å². The summed E-state index contributed by atoms with van der Waals surface area (Å²) in [6.45, 7) is 4.91. The van der Waals surface area contributed by atoms with Gasteiger partial charge in [0.1, 0.15) is 0 Å². The third-order valence-corrected chi connectivity index (χ3v) is 6.42. The topological polar surface area (TPSA) is 118 Å². The van der Waals surface area contributed by atoms with Crippen molar-refractivity contribution in [2.75, 3.05) is 33.0 Å². The second kappa shape index (κ2) is 9.77. The molecule has 2 rings (SSSR count). The van der Waals surface area contributed by atoms with Crippen LogP contribution in [0.5, 0.6) is 0 Å². The van der Waals surface area contributed by atoms with Crippen LogP contribution in [0.15, 0.2) is 6.20 Å². The summed E-state index contributed by atoms with van der Waals surface area (Å²) in [5, 5.41) is 17.5. The van der Waals surface area contributed by atoms with Gasteiger partial charge < -0.3 is 14.7 Å². The Morgan fingerprint density at radius 1 is 1.46 bits per heavy atom. The molecule has 1 aromatic heterocycles. The van der Waals surface area contributed by atoms with Crippen LogP contribution >= 0.6 is 0 Å². The lowest BCUT2D eigenvalue weighted by molar-refractivity contribution is -0.136. The van der Waals surface area contributed by atoms with E-state index in [-0.39, 0.29) is 37.6 Å². The van der Waals surface area contributed by atoms with E-state index in [4.69, 9.17) is 4.74 Å². The Kier molecular flexibility index (Phi) is 7.93. The zero-order valence-corrected chi connectivity index (χ0v) is 17.8. The van der Waals surface area contributed by atoms with Gasteiger partial charge in [0.2, 0.25) is 15.9 Å². The molecule has 0 unspecified atom stereocenters. The number of aliphatic hydroxyl groups excluding tert-OH is 1. The number of carbonyl (C=O) groups excluding carboxylic acids is 1. The molecule has 11 heteroatoms. The third-order valence-electron chi connectivity index (χ3n) is 5.14. The van der Waals surface area contributed by atoms with E-state index < -0.39 is 16.1 Å². The lowest BCUT2D eigenvalue weighted by Crippen LogP contribution is -2.47. The van der Waals surface area contributed by atoms with Gasteiger partial charge in [0.25, 0.3) is 0 Å². The smallest absolute Gasteiger partial charge is 0.222 e. The van der Waals surface area contributed by atoms with Crippen LogP contribution in [-0.4, -0.2) is 88.8 Å². The molecule has 1 amide bonds. The summed E-state index contributed by atoms with van der Waals surface area (Å²) in [5.74, 6) is -0.197. The van der Waals surface area contributed by atoms with Crippen LogP contribution in [0, 0.1) is 5.92 Å². The number of aryl methyl sites for hydroxylation is 1. The highest BCUT2D eigenvalue weighted by Gasteiger charge is 2.29. The molecular formula is C17H31N5O5S. The fraction of sp³-hybridized carbons (Fsp3) is 0.824. The Bertz CT molecular complexity index is 753. The van der Waals surface area contributed by atoms with Crippen LogP contribution in [0.1, 0.15) is 32.4 Å². The van der Waals surface area contributed by atoms with Gasteiger partial charge in [0.05, 0.1) is 43.5 Å². The zero-order chi connectivity index (χ0) is 20.9. The molecule has 1 aliphatic rings. The van der Waals surface area contributed by atoms with Crippen LogP contribution in [0.4, 0.5) is 0 Å². The Hall–Kier alpha value is -1.56. The average Bonchev–Trinajstić information content (AvgIpc) is 3.07. The van der Waals surface area contributed by atoms with Gasteiger partial charge in [-0.3, -0.25) is 4.79 Å². The summed E-state index contributed by atoms with van der Waals surface area (Å²) in [7, 11) is -1.86. The minimum Gasteiger partial charge on any atom is -0.394 e. The molecule has 0 aromatic carbocycles. The number of amides is 1. The van der Waals surface area contributed by atoms with E-state index in [0.717, 1.165) is 11.9 Å². The van der Waals surface area contributed by atoms with Gasteiger partial charge in [-0.25, -0.2) is 17.4 Å². The van der Waals surface area contributed by atoms with Crippen molar-refractivity contribution in [2.45, 2.75) is 52.0 Å². The highest BCUT2D eigenvalue weighted by molar-refractivity contribution is 7.88. The predicted octanol–water partition coefficient (Wildman–Crippen LogP) is -0.306. The van der Waals surface area contributed by atoms with Crippen LogP contribution in [0.3, 0.4) is 0 Å². The quantitative estimate of drug-likeness (QED) is 0.698. The number of hydrogen-bond donors (Lipinski definition) is 1. The maximum atomic E-state index is 12.7. The minimum absolute atomic E-state index is 0.0501. The maximum absolute atomic E-state index is 12.7. The van der Waals surface area contributed by atoms with Gasteiger partial charge in [-0.05, 0) is 13.3 Å². The largest absolute Gasteiger partial charge is 0.394 e. The van der Waals surface area contributed by atoms with Crippen molar-refractivity contribution in [3.8, 4) is 0 Å². The van der Waals surface area contributed by atoms with E-state index in [2.05, 4.69) is 10.3 Å². The summed E-state index contributed by atoms with van der Waals surface area (Å²) in [5.41, 5.74) is 0.785. The van der Waals surface area contributed by atoms with Crippen molar-refractivity contribution < 1.29 is 23.1 Å². The van der Waals surface area contributed by atoms with Gasteiger partial charge in [0.15, 0.2) is 0 Å². The summed E-state index contributed by atoms with van der Waals surface area (Å²) in [6, 6.07) is -0.326. The lowest BCUT2D eigenvalue weighted by Gasteiger charge is -2.35. The molecule has 0 aliphatic carbocycles. The molecule has 3 atom stereocenters. The molecule has 0 saturated carbocycles. The van der Waals surface area contributed by atoms with Crippen molar-refractivity contribution in [3.05, 3.63) is 11.9 Å². The lowest BCUT2D eigenvalue weighted by atomic mass is 10.0. The Labute approximate surface area is 166 Å². The first-order valence-corrected chi connectivity index (χ1v) is 11.3. The van der Waals surface area contributed by atoms with E-state index in [9.17, 15) is 18.3 Å². The van der Waals surface area contributed by atoms with Crippen molar-refractivity contribution in [3.63, 3.8) is 0 Å². The highest BCUT2D eigenvalue weighted by atomic mass is 32.2. The molecule has 28 heavy (non-hydrogen) atoms.